The van der Waals surface area contributed by atoms with E-state index in [-0.39, 0.29) is 45.9 Å². The second-order valence-electron chi connectivity index (χ2n) is 13.4. The Morgan fingerprint density at radius 1 is 1.03 bits per heavy atom. The monoisotopic (exact) mass is 456 g/mol. The Balaban J connectivity index is 1.47. The van der Waals surface area contributed by atoms with Crippen LogP contribution in [0.5, 0.6) is 0 Å². The van der Waals surface area contributed by atoms with Crippen molar-refractivity contribution in [1.82, 2.24) is 0 Å². The number of epoxide rings is 1. The SMILES string of the molecule is CC(=O)O[C@H]1CC[C@]2(C)C3=C(CC[C@H]2C1(C)C)[C@]1(C)CC[C@H]([C@H](C)C2OC2C=O)[C@@]1(C)CC3. The molecule has 0 aromatic heterocycles. The van der Waals surface area contributed by atoms with Crippen molar-refractivity contribution in [3.05, 3.63) is 11.1 Å². The van der Waals surface area contributed by atoms with Crippen LogP contribution >= 0.6 is 0 Å². The number of aldehydes is 1. The van der Waals surface area contributed by atoms with Crippen LogP contribution in [0.1, 0.15) is 99.8 Å². The molecule has 0 bridgehead atoms. The summed E-state index contributed by atoms with van der Waals surface area (Å²) in [6.07, 6.45) is 10.4. The van der Waals surface area contributed by atoms with E-state index >= 15 is 0 Å². The summed E-state index contributed by atoms with van der Waals surface area (Å²) in [4.78, 5) is 23.0. The number of ether oxygens (including phenoxy) is 2. The first-order valence-electron chi connectivity index (χ1n) is 13.4. The second-order valence-corrected chi connectivity index (χ2v) is 13.4. The van der Waals surface area contributed by atoms with Gasteiger partial charge in [-0.3, -0.25) is 4.79 Å². The van der Waals surface area contributed by atoms with Gasteiger partial charge in [0.2, 0.25) is 0 Å². The van der Waals surface area contributed by atoms with Gasteiger partial charge in [-0.15, -0.1) is 0 Å². The lowest BCUT2D eigenvalue weighted by Gasteiger charge is -2.62. The maximum Gasteiger partial charge on any atom is 0.302 e. The zero-order valence-electron chi connectivity index (χ0n) is 21.8. The third-order valence-electron chi connectivity index (χ3n) is 11.9. The van der Waals surface area contributed by atoms with Gasteiger partial charge < -0.3 is 14.3 Å². The third kappa shape index (κ3) is 3.11. The highest BCUT2D eigenvalue weighted by atomic mass is 16.6. The predicted octanol–water partition coefficient (Wildman–Crippen LogP) is 6.27. The number of carbonyl (C=O) groups is 2. The molecule has 0 radical (unpaired) electrons. The van der Waals surface area contributed by atoms with Crippen molar-refractivity contribution in [3.8, 4) is 0 Å². The summed E-state index contributed by atoms with van der Waals surface area (Å²) < 4.78 is 11.6. The van der Waals surface area contributed by atoms with Crippen LogP contribution in [0.15, 0.2) is 11.1 Å². The van der Waals surface area contributed by atoms with Gasteiger partial charge in [0.15, 0.2) is 6.29 Å². The van der Waals surface area contributed by atoms with Crippen LogP contribution < -0.4 is 0 Å². The van der Waals surface area contributed by atoms with Crippen molar-refractivity contribution in [2.75, 3.05) is 0 Å². The normalized spacial score (nSPS) is 48.9. The van der Waals surface area contributed by atoms with E-state index in [2.05, 4.69) is 41.5 Å². The first-order chi connectivity index (χ1) is 15.4. The Bertz CT molecular complexity index is 888. The summed E-state index contributed by atoms with van der Waals surface area (Å²) in [5, 5.41) is 0. The number of esters is 1. The lowest BCUT2D eigenvalue weighted by molar-refractivity contribution is -0.167. The molecular weight excluding hydrogens is 412 g/mol. The largest absolute Gasteiger partial charge is 0.462 e. The van der Waals surface area contributed by atoms with Crippen LogP contribution in [0, 0.1) is 39.4 Å². The Kier molecular flexibility index (Phi) is 5.30. The molecule has 1 aliphatic heterocycles. The molecule has 4 heteroatoms. The number of fused-ring (bicyclic) bond motifs is 4. The van der Waals surface area contributed by atoms with Crippen LogP contribution in [0.2, 0.25) is 0 Å². The summed E-state index contributed by atoms with van der Waals surface area (Å²) in [7, 11) is 0. The van der Waals surface area contributed by atoms with E-state index < -0.39 is 0 Å². The molecule has 0 amide bonds. The minimum absolute atomic E-state index is 0.00125. The average molecular weight is 457 g/mol. The quantitative estimate of drug-likeness (QED) is 0.216. The van der Waals surface area contributed by atoms with Crippen molar-refractivity contribution in [3.63, 3.8) is 0 Å². The molecule has 1 saturated heterocycles. The minimum atomic E-state index is -0.169. The Morgan fingerprint density at radius 2 is 1.76 bits per heavy atom. The zero-order chi connectivity index (χ0) is 24.0. The number of hydrogen-bond acceptors (Lipinski definition) is 4. The standard InChI is InChI=1S/C29H44O4/c1-17(25-22(16-30)33-25)19-10-14-29(7)21-8-9-23-26(3,4)24(32-18(2)31)12-13-27(23,5)20(21)11-15-28(19,29)6/h16-17,19,22-25H,8-15H2,1-7H3/t17-,19+,22?,23-,24-,25?,27+,28+,29-/m0/s1. The van der Waals surface area contributed by atoms with Gasteiger partial charge in [-0.05, 0) is 85.4 Å². The molecule has 184 valence electrons. The van der Waals surface area contributed by atoms with Gasteiger partial charge in [0.25, 0.3) is 0 Å². The maximum atomic E-state index is 11.8. The lowest BCUT2D eigenvalue weighted by atomic mass is 9.43. The summed E-state index contributed by atoms with van der Waals surface area (Å²) in [5.41, 5.74) is 4.27. The smallest absolute Gasteiger partial charge is 0.302 e. The molecule has 0 aromatic rings. The van der Waals surface area contributed by atoms with Gasteiger partial charge in [0.1, 0.15) is 12.2 Å². The lowest BCUT2D eigenvalue weighted by Crippen LogP contribution is -2.55. The van der Waals surface area contributed by atoms with Crippen LogP contribution in [-0.2, 0) is 19.1 Å². The summed E-state index contributed by atoms with van der Waals surface area (Å²) in [6.45, 7) is 16.2. The van der Waals surface area contributed by atoms with Crippen molar-refractivity contribution in [2.45, 2.75) is 118 Å². The van der Waals surface area contributed by atoms with Gasteiger partial charge in [0, 0.05) is 12.3 Å². The van der Waals surface area contributed by atoms with Gasteiger partial charge in [-0.2, -0.15) is 0 Å². The first kappa shape index (κ1) is 23.6. The summed E-state index contributed by atoms with van der Waals surface area (Å²) in [6, 6.07) is 0. The van der Waals surface area contributed by atoms with Crippen molar-refractivity contribution >= 4 is 12.3 Å². The van der Waals surface area contributed by atoms with Crippen molar-refractivity contribution in [1.29, 1.82) is 0 Å². The molecule has 0 spiro atoms. The average Bonchev–Trinajstić information content (AvgIpc) is 3.47. The zero-order valence-corrected chi connectivity index (χ0v) is 21.8. The number of allylic oxidation sites excluding steroid dienone is 2. The highest BCUT2D eigenvalue weighted by Crippen LogP contribution is 2.72. The molecule has 5 aliphatic rings. The molecule has 1 heterocycles. The van der Waals surface area contributed by atoms with E-state index in [1.807, 2.05) is 0 Å². The molecule has 4 nitrogen and oxygen atoms in total. The Hall–Kier alpha value is -1.16. The molecule has 33 heavy (non-hydrogen) atoms. The molecule has 2 saturated carbocycles. The summed E-state index contributed by atoms with van der Waals surface area (Å²) in [5.74, 6) is 1.47. The van der Waals surface area contributed by atoms with Crippen LogP contribution in [0.4, 0.5) is 0 Å². The Morgan fingerprint density at radius 3 is 2.39 bits per heavy atom. The van der Waals surface area contributed by atoms with Crippen LogP contribution in [-0.4, -0.2) is 30.6 Å². The predicted molar refractivity (Wildman–Crippen MR) is 128 cm³/mol. The summed E-state index contributed by atoms with van der Waals surface area (Å²) >= 11 is 0. The third-order valence-corrected chi connectivity index (χ3v) is 11.9. The number of hydrogen-bond donors (Lipinski definition) is 0. The fourth-order valence-electron chi connectivity index (χ4n) is 9.85. The van der Waals surface area contributed by atoms with E-state index in [9.17, 15) is 9.59 Å². The van der Waals surface area contributed by atoms with Gasteiger partial charge in [-0.25, -0.2) is 0 Å². The van der Waals surface area contributed by atoms with E-state index in [1.165, 1.54) is 38.5 Å². The van der Waals surface area contributed by atoms with E-state index in [0.717, 1.165) is 19.1 Å². The number of rotatable bonds is 4. The molecule has 2 unspecified atom stereocenters. The van der Waals surface area contributed by atoms with Gasteiger partial charge in [-0.1, -0.05) is 52.7 Å². The van der Waals surface area contributed by atoms with Crippen molar-refractivity contribution in [2.24, 2.45) is 39.4 Å². The fraction of sp³-hybridized carbons (Fsp3) is 0.862. The second kappa shape index (κ2) is 7.42. The molecule has 0 N–H and O–H groups in total. The molecule has 3 fully saturated rings. The molecule has 5 rings (SSSR count). The van der Waals surface area contributed by atoms with Crippen molar-refractivity contribution < 1.29 is 19.1 Å². The highest BCUT2D eigenvalue weighted by Gasteiger charge is 2.65. The fourth-order valence-corrected chi connectivity index (χ4v) is 9.85. The van der Waals surface area contributed by atoms with Crippen LogP contribution in [0.3, 0.4) is 0 Å². The number of carbonyl (C=O) groups excluding carboxylic acids is 2. The molecule has 0 aromatic carbocycles. The van der Waals surface area contributed by atoms with E-state index in [1.54, 1.807) is 18.1 Å². The molecule has 4 aliphatic carbocycles. The minimum Gasteiger partial charge on any atom is -0.462 e. The first-order valence-corrected chi connectivity index (χ1v) is 13.4. The maximum absolute atomic E-state index is 11.8. The highest BCUT2D eigenvalue weighted by molar-refractivity contribution is 5.66. The van der Waals surface area contributed by atoms with Gasteiger partial charge >= 0.3 is 5.97 Å². The van der Waals surface area contributed by atoms with Crippen LogP contribution in [0.25, 0.3) is 0 Å². The van der Waals surface area contributed by atoms with Gasteiger partial charge in [0.05, 0.1) is 6.10 Å². The van der Waals surface area contributed by atoms with E-state index in [4.69, 9.17) is 9.47 Å². The molecule has 9 atom stereocenters. The van der Waals surface area contributed by atoms with E-state index in [0.29, 0.717) is 17.8 Å². The molecular formula is C29H44O4. The Labute approximate surface area is 200 Å². The topological polar surface area (TPSA) is 55.9 Å².